The Kier molecular flexibility index (Phi) is 5.46. The van der Waals surface area contributed by atoms with E-state index in [1.54, 1.807) is 30.3 Å². The summed E-state index contributed by atoms with van der Waals surface area (Å²) in [6.45, 7) is 1.96. The zero-order chi connectivity index (χ0) is 16.7. The van der Waals surface area contributed by atoms with Crippen molar-refractivity contribution in [3.05, 3.63) is 59.7 Å². The highest BCUT2D eigenvalue weighted by molar-refractivity contribution is 6.39. The van der Waals surface area contributed by atoms with Crippen LogP contribution in [0.25, 0.3) is 0 Å². The number of hydrogen-bond acceptors (Lipinski definition) is 4. The molecule has 2 amide bonds. The van der Waals surface area contributed by atoms with Crippen molar-refractivity contribution in [2.75, 3.05) is 5.32 Å². The molecule has 0 aliphatic rings. The summed E-state index contributed by atoms with van der Waals surface area (Å²) in [7, 11) is 0. The lowest BCUT2D eigenvalue weighted by Gasteiger charge is -2.08. The average Bonchev–Trinajstić information content (AvgIpc) is 2.57. The average molecular weight is 311 g/mol. The normalized spacial score (nSPS) is 10.5. The molecule has 2 aromatic carbocycles. The minimum Gasteiger partial charge on any atom is -0.507 e. The van der Waals surface area contributed by atoms with Crippen LogP contribution in [0.3, 0.4) is 0 Å². The first-order valence-electron chi connectivity index (χ1n) is 7.12. The van der Waals surface area contributed by atoms with Gasteiger partial charge >= 0.3 is 11.8 Å². The van der Waals surface area contributed by atoms with E-state index in [0.717, 1.165) is 12.0 Å². The van der Waals surface area contributed by atoms with Crippen molar-refractivity contribution in [1.29, 1.82) is 0 Å². The minimum absolute atomic E-state index is 0.0341. The number of phenols is 1. The van der Waals surface area contributed by atoms with Gasteiger partial charge in [0, 0.05) is 11.3 Å². The van der Waals surface area contributed by atoms with Crippen LogP contribution in [0.5, 0.6) is 5.75 Å². The number of amides is 2. The summed E-state index contributed by atoms with van der Waals surface area (Å²) in [6.07, 6.45) is 2.00. The fourth-order valence-corrected chi connectivity index (χ4v) is 1.94. The third-order valence-electron chi connectivity index (χ3n) is 3.16. The van der Waals surface area contributed by atoms with Crippen LogP contribution in [0, 0.1) is 0 Å². The fourth-order valence-electron chi connectivity index (χ4n) is 1.94. The molecule has 0 fully saturated rings. The van der Waals surface area contributed by atoms with E-state index in [9.17, 15) is 14.7 Å². The van der Waals surface area contributed by atoms with Gasteiger partial charge < -0.3 is 10.4 Å². The molecule has 3 N–H and O–H groups in total. The Balaban J connectivity index is 1.95. The SMILES string of the molecule is CCc1ccccc1NC(=O)C(=O)N/N=C\c1ccccc1O. The lowest BCUT2D eigenvalue weighted by Crippen LogP contribution is -2.32. The second-order valence-electron chi connectivity index (χ2n) is 4.72. The largest absolute Gasteiger partial charge is 0.507 e. The van der Waals surface area contributed by atoms with Gasteiger partial charge in [-0.1, -0.05) is 37.3 Å². The third kappa shape index (κ3) is 4.41. The molecule has 0 saturated heterocycles. The Morgan fingerprint density at radius 2 is 1.78 bits per heavy atom. The highest BCUT2D eigenvalue weighted by atomic mass is 16.3. The Bertz CT molecular complexity index is 741. The van der Waals surface area contributed by atoms with E-state index in [0.29, 0.717) is 11.3 Å². The van der Waals surface area contributed by atoms with E-state index in [-0.39, 0.29) is 5.75 Å². The standard InChI is InChI=1S/C17H17N3O3/c1-2-12-7-3-5-9-14(12)19-16(22)17(23)20-18-11-13-8-4-6-10-15(13)21/h3-11,21H,2H2,1H3,(H,19,22)(H,20,23)/b18-11-. The number of carbonyl (C=O) groups excluding carboxylic acids is 2. The number of hydrogen-bond donors (Lipinski definition) is 3. The van der Waals surface area contributed by atoms with E-state index >= 15 is 0 Å². The molecule has 0 unspecified atom stereocenters. The van der Waals surface area contributed by atoms with Crippen LogP contribution in [0.2, 0.25) is 0 Å². The number of aromatic hydroxyl groups is 1. The Morgan fingerprint density at radius 3 is 2.52 bits per heavy atom. The van der Waals surface area contributed by atoms with Crippen LogP contribution in [0.4, 0.5) is 5.69 Å². The van der Waals surface area contributed by atoms with Gasteiger partial charge in [0.25, 0.3) is 0 Å². The van der Waals surface area contributed by atoms with Gasteiger partial charge in [0.15, 0.2) is 0 Å². The van der Waals surface area contributed by atoms with Gasteiger partial charge in [0.1, 0.15) is 5.75 Å². The number of nitrogens with one attached hydrogen (secondary N) is 2. The summed E-state index contributed by atoms with van der Waals surface area (Å²) < 4.78 is 0. The molecule has 0 spiro atoms. The van der Waals surface area contributed by atoms with Gasteiger partial charge in [-0.3, -0.25) is 9.59 Å². The number of para-hydroxylation sites is 2. The summed E-state index contributed by atoms with van der Waals surface area (Å²) in [5.74, 6) is -1.66. The summed E-state index contributed by atoms with van der Waals surface area (Å²) in [4.78, 5) is 23.6. The summed E-state index contributed by atoms with van der Waals surface area (Å²) >= 11 is 0. The molecule has 2 rings (SSSR count). The van der Waals surface area contributed by atoms with Gasteiger partial charge in [-0.05, 0) is 30.2 Å². The summed E-state index contributed by atoms with van der Waals surface area (Å²) in [5, 5.41) is 15.8. The third-order valence-corrected chi connectivity index (χ3v) is 3.16. The van der Waals surface area contributed by atoms with E-state index in [4.69, 9.17) is 0 Å². The second kappa shape index (κ2) is 7.74. The molecule has 118 valence electrons. The van der Waals surface area contributed by atoms with Gasteiger partial charge in [-0.2, -0.15) is 5.10 Å². The second-order valence-corrected chi connectivity index (χ2v) is 4.72. The molecule has 0 heterocycles. The fraction of sp³-hybridized carbons (Fsp3) is 0.118. The van der Waals surface area contributed by atoms with Crippen molar-refractivity contribution in [2.45, 2.75) is 13.3 Å². The van der Waals surface area contributed by atoms with Gasteiger partial charge in [0.05, 0.1) is 6.21 Å². The number of aryl methyl sites for hydroxylation is 1. The van der Waals surface area contributed by atoms with E-state index in [2.05, 4.69) is 15.8 Å². The molecule has 0 aliphatic heterocycles. The Morgan fingerprint density at radius 1 is 1.09 bits per heavy atom. The number of rotatable bonds is 4. The molecule has 0 bridgehead atoms. The number of nitrogens with zero attached hydrogens (tertiary/aromatic N) is 1. The molecule has 6 heteroatoms. The van der Waals surface area contributed by atoms with Crippen LogP contribution in [0.1, 0.15) is 18.1 Å². The first-order chi connectivity index (χ1) is 11.1. The lowest BCUT2D eigenvalue weighted by molar-refractivity contribution is -0.136. The van der Waals surface area contributed by atoms with E-state index in [1.807, 2.05) is 19.1 Å². The topological polar surface area (TPSA) is 90.8 Å². The minimum atomic E-state index is -0.887. The van der Waals surface area contributed by atoms with Crippen molar-refractivity contribution in [3.63, 3.8) is 0 Å². The molecule has 0 radical (unpaired) electrons. The monoisotopic (exact) mass is 311 g/mol. The quantitative estimate of drug-likeness (QED) is 0.458. The van der Waals surface area contributed by atoms with E-state index < -0.39 is 11.8 Å². The van der Waals surface area contributed by atoms with Crippen molar-refractivity contribution in [2.24, 2.45) is 5.10 Å². The Hall–Kier alpha value is -3.15. The maximum atomic E-state index is 11.8. The van der Waals surface area contributed by atoms with Crippen molar-refractivity contribution < 1.29 is 14.7 Å². The number of benzene rings is 2. The van der Waals surface area contributed by atoms with Crippen LogP contribution in [-0.4, -0.2) is 23.1 Å². The molecule has 0 saturated carbocycles. The molecule has 0 aliphatic carbocycles. The predicted molar refractivity (Wildman–Crippen MR) is 88.3 cm³/mol. The number of carbonyl (C=O) groups is 2. The highest BCUT2D eigenvalue weighted by Crippen LogP contribution is 2.15. The molecule has 0 aromatic heterocycles. The van der Waals surface area contributed by atoms with Crippen LogP contribution in [-0.2, 0) is 16.0 Å². The predicted octanol–water partition coefficient (Wildman–Crippen LogP) is 2.04. The van der Waals surface area contributed by atoms with E-state index in [1.165, 1.54) is 12.3 Å². The van der Waals surface area contributed by atoms with Gasteiger partial charge in [-0.15, -0.1) is 0 Å². The smallest absolute Gasteiger partial charge is 0.329 e. The molecule has 0 atom stereocenters. The molecular weight excluding hydrogens is 294 g/mol. The summed E-state index contributed by atoms with van der Waals surface area (Å²) in [5.41, 5.74) is 4.09. The first-order valence-corrected chi connectivity index (χ1v) is 7.12. The molecule has 23 heavy (non-hydrogen) atoms. The molecule has 6 nitrogen and oxygen atoms in total. The maximum absolute atomic E-state index is 11.8. The first kappa shape index (κ1) is 16.2. The van der Waals surface area contributed by atoms with Crippen molar-refractivity contribution in [3.8, 4) is 5.75 Å². The van der Waals surface area contributed by atoms with Crippen LogP contribution >= 0.6 is 0 Å². The zero-order valence-electron chi connectivity index (χ0n) is 12.6. The van der Waals surface area contributed by atoms with Crippen molar-refractivity contribution in [1.82, 2.24) is 5.43 Å². The highest BCUT2D eigenvalue weighted by Gasteiger charge is 2.14. The van der Waals surface area contributed by atoms with Crippen LogP contribution < -0.4 is 10.7 Å². The molecule has 2 aromatic rings. The zero-order valence-corrected chi connectivity index (χ0v) is 12.6. The van der Waals surface area contributed by atoms with Gasteiger partial charge in [0.2, 0.25) is 0 Å². The summed E-state index contributed by atoms with van der Waals surface area (Å²) in [6, 6.07) is 13.8. The van der Waals surface area contributed by atoms with Crippen molar-refractivity contribution >= 4 is 23.7 Å². The van der Waals surface area contributed by atoms with Crippen LogP contribution in [0.15, 0.2) is 53.6 Å². The Labute approximate surface area is 133 Å². The molecular formula is C17H17N3O3. The van der Waals surface area contributed by atoms with Gasteiger partial charge in [-0.25, -0.2) is 5.43 Å². The maximum Gasteiger partial charge on any atom is 0.329 e. The number of anilines is 1. The number of phenolic OH excluding ortho intramolecular Hbond substituents is 1. The number of hydrazone groups is 1. The lowest BCUT2D eigenvalue weighted by atomic mass is 10.1.